The summed E-state index contributed by atoms with van der Waals surface area (Å²) in [6.07, 6.45) is -1.83. The number of carbonyl (C=O) groups excluding carboxylic acids is 1. The Labute approximate surface area is 91.6 Å². The van der Waals surface area contributed by atoms with Crippen LogP contribution in [0.15, 0.2) is 6.07 Å². The highest BCUT2D eigenvalue weighted by molar-refractivity contribution is 5.93. The second-order valence-electron chi connectivity index (χ2n) is 4.21. The second-order valence-corrected chi connectivity index (χ2v) is 4.21. The number of aryl methyl sites for hydroxylation is 2. The van der Waals surface area contributed by atoms with Gasteiger partial charge in [0.05, 0.1) is 5.69 Å². The predicted molar refractivity (Wildman–Crippen MR) is 53.4 cm³/mol. The summed E-state index contributed by atoms with van der Waals surface area (Å²) in [6, 6.07) is 1.58. The average molecular weight is 229 g/mol. The quantitative estimate of drug-likeness (QED) is 0.848. The van der Waals surface area contributed by atoms with E-state index in [0.717, 1.165) is 0 Å². The van der Waals surface area contributed by atoms with Crippen LogP contribution in [-0.2, 0) is 7.05 Å². The first-order chi connectivity index (χ1) is 7.44. The Hall–Kier alpha value is -1.46. The Morgan fingerprint density at radius 2 is 2.25 bits per heavy atom. The Kier molecular flexibility index (Phi) is 2.44. The lowest BCUT2D eigenvalue weighted by atomic mass is 10.2. The molecule has 0 aromatic carbocycles. The molecular weight excluding hydrogens is 216 g/mol. The maximum atomic E-state index is 12.6. The van der Waals surface area contributed by atoms with E-state index in [0.29, 0.717) is 24.2 Å². The van der Waals surface area contributed by atoms with E-state index in [2.05, 4.69) is 10.4 Å². The molecule has 1 amide bonds. The fourth-order valence-electron chi connectivity index (χ4n) is 1.65. The van der Waals surface area contributed by atoms with Gasteiger partial charge in [-0.3, -0.25) is 9.48 Å². The van der Waals surface area contributed by atoms with E-state index in [1.807, 2.05) is 0 Å². The number of nitrogens with one attached hydrogen (secondary N) is 1. The topological polar surface area (TPSA) is 46.9 Å². The van der Waals surface area contributed by atoms with Crippen molar-refractivity contribution in [3.8, 4) is 0 Å². The van der Waals surface area contributed by atoms with Crippen molar-refractivity contribution in [2.75, 3.05) is 0 Å². The van der Waals surface area contributed by atoms with Gasteiger partial charge < -0.3 is 5.32 Å². The van der Waals surface area contributed by atoms with E-state index in [1.54, 1.807) is 20.0 Å². The number of hydrogen-bond donors (Lipinski definition) is 1. The van der Waals surface area contributed by atoms with Gasteiger partial charge in [-0.05, 0) is 25.8 Å². The maximum absolute atomic E-state index is 12.6. The lowest BCUT2D eigenvalue weighted by Crippen LogP contribution is -2.42. The van der Waals surface area contributed by atoms with Crippen molar-refractivity contribution in [2.45, 2.75) is 31.7 Å². The molecule has 1 aromatic heterocycles. The molecule has 1 heterocycles. The van der Waals surface area contributed by atoms with Crippen LogP contribution in [0.2, 0.25) is 0 Å². The Morgan fingerprint density at radius 1 is 1.62 bits per heavy atom. The standard InChI is InChI=1S/C10H13F2N3O/c1-6-5-7(15(2)14-6)8(16)13-10(3-4-10)9(11)12/h5,9H,3-4H2,1-2H3,(H,13,16). The molecule has 0 radical (unpaired) electrons. The molecule has 1 saturated carbocycles. The maximum Gasteiger partial charge on any atom is 0.270 e. The second kappa shape index (κ2) is 3.54. The monoisotopic (exact) mass is 229 g/mol. The fourth-order valence-corrected chi connectivity index (χ4v) is 1.65. The van der Waals surface area contributed by atoms with Gasteiger partial charge in [-0.2, -0.15) is 5.10 Å². The van der Waals surface area contributed by atoms with Gasteiger partial charge in [0, 0.05) is 7.05 Å². The summed E-state index contributed by atoms with van der Waals surface area (Å²) in [7, 11) is 1.61. The minimum atomic E-state index is -2.51. The van der Waals surface area contributed by atoms with Gasteiger partial charge in [0.15, 0.2) is 0 Å². The van der Waals surface area contributed by atoms with Crippen LogP contribution in [0.4, 0.5) is 8.78 Å². The van der Waals surface area contributed by atoms with Gasteiger partial charge in [0.1, 0.15) is 11.2 Å². The zero-order chi connectivity index (χ0) is 11.9. The van der Waals surface area contributed by atoms with Gasteiger partial charge >= 0.3 is 0 Å². The minimum Gasteiger partial charge on any atom is -0.340 e. The molecule has 0 saturated heterocycles. The van der Waals surface area contributed by atoms with Crippen LogP contribution in [0.25, 0.3) is 0 Å². The van der Waals surface area contributed by atoms with Crippen LogP contribution in [-0.4, -0.2) is 27.7 Å². The van der Waals surface area contributed by atoms with Crippen LogP contribution in [0.5, 0.6) is 0 Å². The zero-order valence-electron chi connectivity index (χ0n) is 9.13. The lowest BCUT2D eigenvalue weighted by molar-refractivity contribution is 0.0673. The molecule has 0 unspecified atom stereocenters. The molecule has 16 heavy (non-hydrogen) atoms. The first kappa shape index (κ1) is 11.0. The van der Waals surface area contributed by atoms with Gasteiger partial charge in [0.2, 0.25) is 0 Å². The van der Waals surface area contributed by atoms with Gasteiger partial charge in [-0.25, -0.2) is 8.78 Å². The number of aromatic nitrogens is 2. The summed E-state index contributed by atoms with van der Waals surface area (Å²) in [5, 5.41) is 6.38. The van der Waals surface area contributed by atoms with Crippen LogP contribution >= 0.6 is 0 Å². The van der Waals surface area contributed by atoms with Crippen molar-refractivity contribution in [2.24, 2.45) is 7.05 Å². The van der Waals surface area contributed by atoms with E-state index in [1.165, 1.54) is 4.68 Å². The van der Waals surface area contributed by atoms with Gasteiger partial charge in [-0.1, -0.05) is 0 Å². The Morgan fingerprint density at radius 3 is 2.62 bits per heavy atom. The number of rotatable bonds is 3. The number of amides is 1. The molecular formula is C10H13F2N3O. The number of halogens is 2. The van der Waals surface area contributed by atoms with E-state index in [9.17, 15) is 13.6 Å². The Balaban J connectivity index is 2.12. The van der Waals surface area contributed by atoms with Gasteiger partial charge in [-0.15, -0.1) is 0 Å². The number of alkyl halides is 2. The molecule has 4 nitrogen and oxygen atoms in total. The van der Waals surface area contributed by atoms with Crippen molar-refractivity contribution in [3.05, 3.63) is 17.5 Å². The predicted octanol–water partition coefficient (Wildman–Crippen LogP) is 1.26. The summed E-state index contributed by atoms with van der Waals surface area (Å²) < 4.78 is 26.6. The van der Waals surface area contributed by atoms with Crippen molar-refractivity contribution in [1.29, 1.82) is 0 Å². The Bertz CT molecular complexity index is 424. The molecule has 0 spiro atoms. The third-order valence-corrected chi connectivity index (χ3v) is 2.80. The minimum absolute atomic E-state index is 0.310. The third kappa shape index (κ3) is 1.79. The summed E-state index contributed by atoms with van der Waals surface area (Å²) in [6.45, 7) is 1.75. The smallest absolute Gasteiger partial charge is 0.270 e. The summed E-state index contributed by atoms with van der Waals surface area (Å²) in [4.78, 5) is 11.7. The average Bonchev–Trinajstić information content (AvgIpc) is 2.87. The van der Waals surface area contributed by atoms with Crippen molar-refractivity contribution in [3.63, 3.8) is 0 Å². The first-order valence-electron chi connectivity index (χ1n) is 5.06. The molecule has 1 aliphatic rings. The highest BCUT2D eigenvalue weighted by atomic mass is 19.3. The molecule has 88 valence electrons. The van der Waals surface area contributed by atoms with Crippen LogP contribution < -0.4 is 5.32 Å². The molecule has 1 aliphatic carbocycles. The highest BCUT2D eigenvalue weighted by Gasteiger charge is 2.52. The largest absolute Gasteiger partial charge is 0.340 e. The molecule has 1 N–H and O–H groups in total. The van der Waals surface area contributed by atoms with E-state index < -0.39 is 17.9 Å². The van der Waals surface area contributed by atoms with E-state index in [4.69, 9.17) is 0 Å². The van der Waals surface area contributed by atoms with Crippen LogP contribution in [0.1, 0.15) is 29.0 Å². The molecule has 2 rings (SSSR count). The van der Waals surface area contributed by atoms with Gasteiger partial charge in [0.25, 0.3) is 12.3 Å². The highest BCUT2D eigenvalue weighted by Crippen LogP contribution is 2.41. The molecule has 0 bridgehead atoms. The van der Waals surface area contributed by atoms with E-state index >= 15 is 0 Å². The third-order valence-electron chi connectivity index (χ3n) is 2.80. The summed E-state index contributed by atoms with van der Waals surface area (Å²) >= 11 is 0. The molecule has 0 atom stereocenters. The molecule has 0 aliphatic heterocycles. The first-order valence-corrected chi connectivity index (χ1v) is 5.06. The number of hydrogen-bond acceptors (Lipinski definition) is 2. The molecule has 1 aromatic rings. The zero-order valence-corrected chi connectivity index (χ0v) is 9.13. The number of nitrogens with zero attached hydrogens (tertiary/aromatic N) is 2. The van der Waals surface area contributed by atoms with Crippen molar-refractivity contribution < 1.29 is 13.6 Å². The van der Waals surface area contributed by atoms with E-state index in [-0.39, 0.29) is 0 Å². The van der Waals surface area contributed by atoms with Crippen LogP contribution in [0, 0.1) is 6.92 Å². The normalized spacial score (nSPS) is 17.6. The SMILES string of the molecule is Cc1cc(C(=O)NC2(C(F)F)CC2)n(C)n1. The number of carbonyl (C=O) groups is 1. The lowest BCUT2D eigenvalue weighted by Gasteiger charge is -2.15. The molecule has 6 heteroatoms. The molecule has 1 fully saturated rings. The summed E-state index contributed by atoms with van der Waals surface area (Å²) in [5.74, 6) is -0.485. The summed E-state index contributed by atoms with van der Waals surface area (Å²) in [5.41, 5.74) is -0.297. The van der Waals surface area contributed by atoms with Crippen molar-refractivity contribution in [1.82, 2.24) is 15.1 Å². The van der Waals surface area contributed by atoms with Crippen molar-refractivity contribution >= 4 is 5.91 Å². The van der Waals surface area contributed by atoms with Crippen LogP contribution in [0.3, 0.4) is 0 Å². The fraction of sp³-hybridized carbons (Fsp3) is 0.600.